The number of imidazole rings is 1. The minimum Gasteiger partial charge on any atom is -0.489 e. The van der Waals surface area contributed by atoms with E-state index in [4.69, 9.17) is 9.47 Å². The Morgan fingerprint density at radius 2 is 1.87 bits per heavy atom. The van der Waals surface area contributed by atoms with Crippen LogP contribution in [0.1, 0.15) is 43.4 Å². The molecular weight excluding hydrogens is 492 g/mol. The molecule has 4 aromatic rings. The summed E-state index contributed by atoms with van der Waals surface area (Å²) in [4.78, 5) is 16.4. The highest BCUT2D eigenvalue weighted by Crippen LogP contribution is 2.34. The Kier molecular flexibility index (Phi) is 7.71. The molecule has 202 valence electrons. The van der Waals surface area contributed by atoms with Crippen molar-refractivity contribution in [3.8, 4) is 16.9 Å². The van der Waals surface area contributed by atoms with E-state index in [0.717, 1.165) is 28.7 Å². The highest BCUT2D eigenvalue weighted by atomic mass is 19.2. The third-order valence-electron chi connectivity index (χ3n) is 6.25. The van der Waals surface area contributed by atoms with E-state index in [1.807, 2.05) is 25.3 Å². The van der Waals surface area contributed by atoms with Gasteiger partial charge < -0.3 is 19.2 Å². The van der Waals surface area contributed by atoms with E-state index >= 15 is 0 Å². The lowest BCUT2D eigenvalue weighted by Gasteiger charge is -2.19. The van der Waals surface area contributed by atoms with Crippen LogP contribution in [0.2, 0.25) is 0 Å². The lowest BCUT2D eigenvalue weighted by molar-refractivity contribution is 0.0528. The Morgan fingerprint density at radius 1 is 1.11 bits per heavy atom. The van der Waals surface area contributed by atoms with Gasteiger partial charge in [0.05, 0.1) is 12.3 Å². The molecule has 3 heterocycles. The number of nitrogens with zero attached hydrogens (tertiary/aromatic N) is 4. The molecular formula is C28H33F2N5O3. The van der Waals surface area contributed by atoms with Crippen LogP contribution in [-0.2, 0) is 24.6 Å². The Morgan fingerprint density at radius 3 is 2.55 bits per heavy atom. The van der Waals surface area contributed by atoms with Crippen LogP contribution in [0.25, 0.3) is 16.8 Å². The number of aryl methyl sites for hydroxylation is 2. The lowest BCUT2D eigenvalue weighted by Crippen LogP contribution is -2.33. The van der Waals surface area contributed by atoms with E-state index in [0.29, 0.717) is 36.2 Å². The van der Waals surface area contributed by atoms with Gasteiger partial charge >= 0.3 is 6.09 Å². The van der Waals surface area contributed by atoms with Gasteiger partial charge in [0.2, 0.25) is 5.82 Å². The second kappa shape index (κ2) is 10.8. The number of nitrogens with one attached hydrogen (secondary N) is 1. The number of hydrogen-bond acceptors (Lipinski definition) is 5. The number of rotatable bonds is 8. The summed E-state index contributed by atoms with van der Waals surface area (Å²) in [5.41, 5.74) is 4.92. The van der Waals surface area contributed by atoms with Crippen molar-refractivity contribution < 1.29 is 23.0 Å². The number of fused-ring (bicyclic) bond motifs is 1. The van der Waals surface area contributed by atoms with Crippen LogP contribution in [0.4, 0.5) is 13.6 Å². The number of alkyl carbamates (subject to hydrolysis) is 1. The van der Waals surface area contributed by atoms with Crippen molar-refractivity contribution in [3.63, 3.8) is 0 Å². The van der Waals surface area contributed by atoms with Crippen LogP contribution in [0.5, 0.6) is 5.75 Å². The molecule has 1 aromatic carbocycles. The molecule has 0 aliphatic carbocycles. The quantitative estimate of drug-likeness (QED) is 0.337. The van der Waals surface area contributed by atoms with Gasteiger partial charge in [0.25, 0.3) is 0 Å². The summed E-state index contributed by atoms with van der Waals surface area (Å²) in [6.07, 6.45) is 4.04. The molecule has 0 atom stereocenters. The molecule has 0 radical (unpaired) electrons. The lowest BCUT2D eigenvalue weighted by atomic mass is 10.1. The molecule has 0 aliphatic heterocycles. The number of pyridine rings is 1. The van der Waals surface area contributed by atoms with Gasteiger partial charge in [-0.05, 0) is 64.4 Å². The average molecular weight is 526 g/mol. The zero-order valence-electron chi connectivity index (χ0n) is 22.6. The molecule has 4 rings (SSSR count). The van der Waals surface area contributed by atoms with E-state index in [-0.39, 0.29) is 12.4 Å². The van der Waals surface area contributed by atoms with Crippen LogP contribution in [0.3, 0.4) is 0 Å². The van der Waals surface area contributed by atoms with E-state index in [1.54, 1.807) is 50.0 Å². The van der Waals surface area contributed by atoms with E-state index in [1.165, 1.54) is 6.07 Å². The maximum absolute atomic E-state index is 14.9. The zero-order chi connectivity index (χ0) is 27.6. The zero-order valence-corrected chi connectivity index (χ0v) is 22.6. The number of benzene rings is 1. The highest BCUT2D eigenvalue weighted by molar-refractivity contribution is 5.71. The van der Waals surface area contributed by atoms with Crippen molar-refractivity contribution >= 4 is 11.7 Å². The van der Waals surface area contributed by atoms with Crippen molar-refractivity contribution in [1.82, 2.24) is 24.5 Å². The van der Waals surface area contributed by atoms with Crippen molar-refractivity contribution in [1.29, 1.82) is 0 Å². The average Bonchev–Trinajstić information content (AvgIpc) is 3.35. The van der Waals surface area contributed by atoms with E-state index in [2.05, 4.69) is 15.4 Å². The summed E-state index contributed by atoms with van der Waals surface area (Å²) in [7, 11) is 1.87. The highest BCUT2D eigenvalue weighted by Gasteiger charge is 2.19. The van der Waals surface area contributed by atoms with Crippen LogP contribution in [0, 0.1) is 25.5 Å². The Hall–Kier alpha value is -3.95. The molecule has 0 saturated heterocycles. The van der Waals surface area contributed by atoms with Gasteiger partial charge in [0.15, 0.2) is 11.6 Å². The molecule has 0 unspecified atom stereocenters. The fourth-order valence-electron chi connectivity index (χ4n) is 4.32. The third-order valence-corrected chi connectivity index (χ3v) is 6.25. The summed E-state index contributed by atoms with van der Waals surface area (Å²) < 4.78 is 43.9. The monoisotopic (exact) mass is 525 g/mol. The number of aromatic nitrogens is 4. The van der Waals surface area contributed by atoms with Gasteiger partial charge in [0.1, 0.15) is 11.2 Å². The largest absolute Gasteiger partial charge is 0.489 e. The number of carbonyl (C=O) groups is 1. The van der Waals surface area contributed by atoms with Crippen LogP contribution in [-0.4, -0.2) is 44.0 Å². The van der Waals surface area contributed by atoms with Gasteiger partial charge in [0, 0.05) is 61.3 Å². The molecule has 0 fully saturated rings. The first-order chi connectivity index (χ1) is 17.9. The van der Waals surface area contributed by atoms with Crippen LogP contribution >= 0.6 is 0 Å². The summed E-state index contributed by atoms with van der Waals surface area (Å²) in [6.45, 7) is 9.79. The van der Waals surface area contributed by atoms with Crippen LogP contribution in [0.15, 0.2) is 36.7 Å². The minimum atomic E-state index is -1.03. The van der Waals surface area contributed by atoms with E-state index in [9.17, 15) is 13.6 Å². The van der Waals surface area contributed by atoms with Gasteiger partial charge in [-0.1, -0.05) is 0 Å². The Labute approximate surface area is 220 Å². The molecule has 10 heteroatoms. The normalized spacial score (nSPS) is 11.7. The topological polar surface area (TPSA) is 82.7 Å². The standard InChI is InChI=1S/C28H33F2N5O3/c1-17-21(18(2)34(6)33-17)12-14-37-26-22(8-9-23(29)25(26)30)19-7-10-24-32-15-20(35(24)16-19)11-13-31-27(36)38-28(3,4)5/h7-10,15-16H,11-14H2,1-6H3,(H,31,36). The predicted octanol–water partition coefficient (Wildman–Crippen LogP) is 5.32. The number of hydrogen-bond donors (Lipinski definition) is 1. The summed E-state index contributed by atoms with van der Waals surface area (Å²) in [6, 6.07) is 6.19. The van der Waals surface area contributed by atoms with Gasteiger partial charge in [-0.3, -0.25) is 4.68 Å². The first-order valence-corrected chi connectivity index (χ1v) is 12.5. The minimum absolute atomic E-state index is 0.142. The fraction of sp³-hybridized carbons (Fsp3) is 0.393. The number of carbonyl (C=O) groups excluding carboxylic acids is 1. The maximum atomic E-state index is 14.9. The second-order valence-electron chi connectivity index (χ2n) is 10.2. The molecule has 0 bridgehead atoms. The smallest absolute Gasteiger partial charge is 0.407 e. The number of halogens is 2. The first-order valence-electron chi connectivity index (χ1n) is 12.5. The summed E-state index contributed by atoms with van der Waals surface area (Å²) >= 11 is 0. The molecule has 0 saturated carbocycles. The molecule has 1 amide bonds. The molecule has 38 heavy (non-hydrogen) atoms. The van der Waals surface area contributed by atoms with Gasteiger partial charge in [-0.15, -0.1) is 0 Å². The van der Waals surface area contributed by atoms with Crippen molar-refractivity contribution in [2.75, 3.05) is 13.2 Å². The van der Waals surface area contributed by atoms with Gasteiger partial charge in [-0.2, -0.15) is 9.49 Å². The Balaban J connectivity index is 1.55. The molecule has 3 aromatic heterocycles. The first kappa shape index (κ1) is 27.1. The van der Waals surface area contributed by atoms with Crippen LogP contribution < -0.4 is 10.1 Å². The van der Waals surface area contributed by atoms with Crippen molar-refractivity contribution in [3.05, 3.63) is 70.9 Å². The fourth-order valence-corrected chi connectivity index (χ4v) is 4.32. The molecule has 0 aliphatic rings. The summed E-state index contributed by atoms with van der Waals surface area (Å²) in [5, 5.41) is 7.14. The number of ether oxygens (including phenoxy) is 2. The van der Waals surface area contributed by atoms with Gasteiger partial charge in [-0.25, -0.2) is 14.2 Å². The molecule has 1 N–H and O–H groups in total. The SMILES string of the molecule is Cc1nn(C)c(C)c1CCOc1c(-c2ccc3ncc(CCNC(=O)OC(C)(C)C)n3c2)ccc(F)c1F. The maximum Gasteiger partial charge on any atom is 0.407 e. The van der Waals surface area contributed by atoms with Crippen molar-refractivity contribution in [2.45, 2.75) is 53.1 Å². The summed E-state index contributed by atoms with van der Waals surface area (Å²) in [5.74, 6) is -2.15. The third kappa shape index (κ3) is 5.95. The number of amides is 1. The predicted molar refractivity (Wildman–Crippen MR) is 140 cm³/mol. The second-order valence-corrected chi connectivity index (χ2v) is 10.2. The molecule has 0 spiro atoms. The molecule has 8 nitrogen and oxygen atoms in total. The van der Waals surface area contributed by atoms with Crippen molar-refractivity contribution in [2.24, 2.45) is 7.05 Å². The van der Waals surface area contributed by atoms with E-state index < -0.39 is 23.3 Å². The Bertz CT molecular complexity index is 1470.